The number of benzene rings is 2. The number of alkyl halides is 3. The van der Waals surface area contributed by atoms with Crippen molar-refractivity contribution in [3.05, 3.63) is 59.7 Å². The third-order valence-corrected chi connectivity index (χ3v) is 3.34. The molecule has 2 N–H and O–H groups in total. The monoisotopic (exact) mass is 380 g/mol. The minimum Gasteiger partial charge on any atom is -0.462 e. The minimum atomic E-state index is -4.68. The number of anilines is 2. The Morgan fingerprint density at radius 1 is 0.926 bits per heavy atom. The molecule has 2 aromatic carbocycles. The summed E-state index contributed by atoms with van der Waals surface area (Å²) in [7, 11) is 0. The molecule has 0 saturated carbocycles. The molecule has 0 bridgehead atoms. The summed E-state index contributed by atoms with van der Waals surface area (Å²) < 4.78 is 43.6. The van der Waals surface area contributed by atoms with E-state index in [1.54, 1.807) is 6.92 Å². The van der Waals surface area contributed by atoms with Gasteiger partial charge in [0.2, 0.25) is 0 Å². The van der Waals surface area contributed by atoms with E-state index in [0.717, 1.165) is 12.1 Å². The first kappa shape index (κ1) is 20.0. The molecule has 0 saturated heterocycles. The smallest absolute Gasteiger partial charge is 0.418 e. The molecule has 2 aromatic rings. The maximum absolute atomic E-state index is 12.9. The van der Waals surface area contributed by atoms with Gasteiger partial charge in [-0.1, -0.05) is 12.1 Å². The van der Waals surface area contributed by atoms with Gasteiger partial charge in [0.25, 0.3) is 0 Å². The molecule has 0 radical (unpaired) electrons. The number of nitrogens with one attached hydrogen (secondary N) is 2. The van der Waals surface area contributed by atoms with Crippen molar-refractivity contribution in [1.29, 1.82) is 0 Å². The minimum absolute atomic E-state index is 0.187. The molecule has 0 aromatic heterocycles. The van der Waals surface area contributed by atoms with Crippen LogP contribution in [0.15, 0.2) is 48.5 Å². The van der Waals surface area contributed by atoms with Crippen LogP contribution >= 0.6 is 0 Å². The molecule has 0 heterocycles. The lowest BCUT2D eigenvalue weighted by molar-refractivity contribution is -0.137. The summed E-state index contributed by atoms with van der Waals surface area (Å²) in [5.41, 5.74) is -1.15. The average molecular weight is 380 g/mol. The molecule has 6 nitrogen and oxygen atoms in total. The molecule has 2 amide bonds. The molecule has 9 heteroatoms. The molecule has 0 fully saturated rings. The largest absolute Gasteiger partial charge is 0.462 e. The molecule has 27 heavy (non-hydrogen) atoms. The lowest BCUT2D eigenvalue weighted by atomic mass is 10.1. The van der Waals surface area contributed by atoms with E-state index in [1.165, 1.54) is 36.4 Å². The van der Waals surface area contributed by atoms with Gasteiger partial charge in [0, 0.05) is 5.69 Å². The Hall–Kier alpha value is -3.36. The maximum atomic E-state index is 12.9. The molecule has 0 aliphatic heterocycles. The zero-order chi connectivity index (χ0) is 20.0. The van der Waals surface area contributed by atoms with Gasteiger partial charge in [0.1, 0.15) is 0 Å². The van der Waals surface area contributed by atoms with E-state index in [9.17, 15) is 27.6 Å². The predicted octanol–water partition coefficient (Wildman–Crippen LogP) is 3.46. The first-order chi connectivity index (χ1) is 12.7. The van der Waals surface area contributed by atoms with Crippen molar-refractivity contribution in [3.8, 4) is 0 Å². The van der Waals surface area contributed by atoms with Crippen molar-refractivity contribution >= 4 is 29.2 Å². The number of carbonyl (C=O) groups is 3. The van der Waals surface area contributed by atoms with Crippen LogP contribution in [0.1, 0.15) is 22.8 Å². The van der Waals surface area contributed by atoms with Gasteiger partial charge >= 0.3 is 24.0 Å². The summed E-state index contributed by atoms with van der Waals surface area (Å²) in [5.74, 6) is -2.96. The van der Waals surface area contributed by atoms with Gasteiger partial charge < -0.3 is 15.4 Å². The zero-order valence-electron chi connectivity index (χ0n) is 14.1. The van der Waals surface area contributed by atoms with Crippen molar-refractivity contribution < 1.29 is 32.3 Å². The van der Waals surface area contributed by atoms with Crippen LogP contribution in [-0.2, 0) is 20.5 Å². The lowest BCUT2D eigenvalue weighted by Gasteiger charge is -2.13. The summed E-state index contributed by atoms with van der Waals surface area (Å²) in [5, 5.41) is 4.17. The molecule has 0 aliphatic rings. The molecular weight excluding hydrogens is 365 g/mol. The second-order valence-electron chi connectivity index (χ2n) is 5.25. The Morgan fingerprint density at radius 3 is 2.11 bits per heavy atom. The average Bonchev–Trinajstić information content (AvgIpc) is 2.62. The van der Waals surface area contributed by atoms with Crippen molar-refractivity contribution in [3.63, 3.8) is 0 Å². The van der Waals surface area contributed by atoms with E-state index >= 15 is 0 Å². The quantitative estimate of drug-likeness (QED) is 0.629. The van der Waals surface area contributed by atoms with E-state index in [4.69, 9.17) is 4.74 Å². The highest BCUT2D eigenvalue weighted by Gasteiger charge is 2.34. The van der Waals surface area contributed by atoms with Gasteiger partial charge in [0.05, 0.1) is 23.4 Å². The Labute approximate surface area is 152 Å². The van der Waals surface area contributed by atoms with Crippen LogP contribution in [-0.4, -0.2) is 24.4 Å². The third-order valence-electron chi connectivity index (χ3n) is 3.34. The van der Waals surface area contributed by atoms with Crippen LogP contribution in [0.4, 0.5) is 24.5 Å². The fourth-order valence-corrected chi connectivity index (χ4v) is 2.11. The van der Waals surface area contributed by atoms with Crippen molar-refractivity contribution in [2.45, 2.75) is 13.1 Å². The third kappa shape index (κ3) is 5.30. The van der Waals surface area contributed by atoms with E-state index in [-0.39, 0.29) is 17.9 Å². The number of esters is 1. The SMILES string of the molecule is CCOC(=O)c1ccc(NC(=O)C(=O)Nc2ccccc2C(F)(F)F)cc1. The zero-order valence-corrected chi connectivity index (χ0v) is 14.1. The molecule has 0 spiro atoms. The Kier molecular flexibility index (Phi) is 6.17. The number of para-hydroxylation sites is 1. The van der Waals surface area contributed by atoms with Crippen LogP contribution in [0.2, 0.25) is 0 Å². The standard InChI is InChI=1S/C18H15F3N2O4/c1-2-27-17(26)11-7-9-12(10-8-11)22-15(24)16(25)23-14-6-4-3-5-13(14)18(19,20)21/h3-10H,2H2,1H3,(H,22,24)(H,23,25). The summed E-state index contributed by atoms with van der Waals surface area (Å²) >= 11 is 0. The van der Waals surface area contributed by atoms with E-state index < -0.39 is 35.2 Å². The van der Waals surface area contributed by atoms with Gasteiger partial charge in [-0.25, -0.2) is 4.79 Å². The molecule has 0 atom stereocenters. The van der Waals surface area contributed by atoms with Gasteiger partial charge in [-0.2, -0.15) is 13.2 Å². The summed E-state index contributed by atoms with van der Waals surface area (Å²) in [4.78, 5) is 35.3. The molecule has 0 unspecified atom stereocenters. The number of amides is 2. The fraction of sp³-hybridized carbons (Fsp3) is 0.167. The van der Waals surface area contributed by atoms with Crippen LogP contribution in [0.3, 0.4) is 0 Å². The summed E-state index contributed by atoms with van der Waals surface area (Å²) in [6.07, 6.45) is -4.68. The summed E-state index contributed by atoms with van der Waals surface area (Å²) in [6, 6.07) is 9.79. The van der Waals surface area contributed by atoms with Gasteiger partial charge in [-0.3, -0.25) is 9.59 Å². The Balaban J connectivity index is 2.05. The molecule has 142 valence electrons. The number of rotatable bonds is 4. The summed E-state index contributed by atoms with van der Waals surface area (Å²) in [6.45, 7) is 1.86. The van der Waals surface area contributed by atoms with Crippen LogP contribution in [0, 0.1) is 0 Å². The topological polar surface area (TPSA) is 84.5 Å². The number of halogens is 3. The normalized spacial score (nSPS) is 10.8. The number of carbonyl (C=O) groups excluding carboxylic acids is 3. The lowest BCUT2D eigenvalue weighted by Crippen LogP contribution is -2.30. The highest BCUT2D eigenvalue weighted by Crippen LogP contribution is 2.34. The Morgan fingerprint density at radius 2 is 1.52 bits per heavy atom. The van der Waals surface area contributed by atoms with E-state index in [1.807, 2.05) is 5.32 Å². The first-order valence-corrected chi connectivity index (χ1v) is 7.78. The van der Waals surface area contributed by atoms with Crippen molar-refractivity contribution in [2.24, 2.45) is 0 Å². The number of hydrogen-bond acceptors (Lipinski definition) is 4. The highest BCUT2D eigenvalue weighted by molar-refractivity contribution is 6.43. The van der Waals surface area contributed by atoms with Gasteiger partial charge in [-0.15, -0.1) is 0 Å². The molecular formula is C18H15F3N2O4. The van der Waals surface area contributed by atoms with Gasteiger partial charge in [-0.05, 0) is 43.3 Å². The van der Waals surface area contributed by atoms with Crippen molar-refractivity contribution in [1.82, 2.24) is 0 Å². The first-order valence-electron chi connectivity index (χ1n) is 7.78. The Bertz CT molecular complexity index is 848. The van der Waals surface area contributed by atoms with Crippen LogP contribution in [0.25, 0.3) is 0 Å². The maximum Gasteiger partial charge on any atom is 0.418 e. The van der Waals surface area contributed by atoms with Gasteiger partial charge in [0.15, 0.2) is 0 Å². The van der Waals surface area contributed by atoms with E-state index in [2.05, 4.69) is 5.32 Å². The fourth-order valence-electron chi connectivity index (χ4n) is 2.11. The van der Waals surface area contributed by atoms with Crippen LogP contribution in [0.5, 0.6) is 0 Å². The predicted molar refractivity (Wildman–Crippen MR) is 91.1 cm³/mol. The molecule has 0 aliphatic carbocycles. The highest BCUT2D eigenvalue weighted by atomic mass is 19.4. The van der Waals surface area contributed by atoms with E-state index in [0.29, 0.717) is 0 Å². The van der Waals surface area contributed by atoms with Crippen LogP contribution < -0.4 is 10.6 Å². The number of ether oxygens (including phenoxy) is 1. The second kappa shape index (κ2) is 8.35. The second-order valence-corrected chi connectivity index (χ2v) is 5.25. The number of hydrogen-bond donors (Lipinski definition) is 2. The van der Waals surface area contributed by atoms with Crippen molar-refractivity contribution in [2.75, 3.05) is 17.2 Å². The molecule has 2 rings (SSSR count).